The molecule has 4 N–H and O–H groups in total. The van der Waals surface area contributed by atoms with Crippen LogP contribution >= 0.6 is 27.5 Å². The van der Waals surface area contributed by atoms with Crippen molar-refractivity contribution in [2.45, 2.75) is 25.9 Å². The largest absolute Gasteiger partial charge is 0.396 e. The molecule has 5 heteroatoms. The predicted molar refractivity (Wildman–Crippen MR) is 79.8 cm³/mol. The lowest BCUT2D eigenvalue weighted by atomic mass is 10.0. The number of aliphatic hydroxyl groups is 1. The van der Waals surface area contributed by atoms with E-state index in [0.717, 1.165) is 10.0 Å². The first-order valence-corrected chi connectivity index (χ1v) is 7.18. The Labute approximate surface area is 122 Å². The lowest BCUT2D eigenvalue weighted by Crippen LogP contribution is -2.39. The smallest absolute Gasteiger partial charge is 0.0471 e. The Kier molecular flexibility index (Phi) is 6.60. The van der Waals surface area contributed by atoms with E-state index in [4.69, 9.17) is 22.4 Å². The molecule has 18 heavy (non-hydrogen) atoms. The van der Waals surface area contributed by atoms with Gasteiger partial charge in [-0.1, -0.05) is 40.5 Å². The number of hydrogen-bond donors (Lipinski definition) is 3. The zero-order valence-electron chi connectivity index (χ0n) is 10.7. The van der Waals surface area contributed by atoms with Gasteiger partial charge >= 0.3 is 0 Å². The summed E-state index contributed by atoms with van der Waals surface area (Å²) in [6.07, 6.45) is 0. The summed E-state index contributed by atoms with van der Waals surface area (Å²) in [5.41, 5.74) is 6.79. The minimum absolute atomic E-state index is 0.00500. The van der Waals surface area contributed by atoms with E-state index in [0.29, 0.717) is 11.6 Å². The van der Waals surface area contributed by atoms with E-state index in [1.165, 1.54) is 0 Å². The van der Waals surface area contributed by atoms with E-state index < -0.39 is 0 Å². The molecule has 0 bridgehead atoms. The van der Waals surface area contributed by atoms with Gasteiger partial charge in [-0.05, 0) is 30.5 Å². The monoisotopic (exact) mass is 334 g/mol. The van der Waals surface area contributed by atoms with Crippen molar-refractivity contribution in [3.63, 3.8) is 0 Å². The van der Waals surface area contributed by atoms with Crippen molar-refractivity contribution in [1.82, 2.24) is 5.32 Å². The molecule has 0 saturated heterocycles. The van der Waals surface area contributed by atoms with Gasteiger partial charge in [-0.2, -0.15) is 0 Å². The summed E-state index contributed by atoms with van der Waals surface area (Å²) in [6, 6.07) is 5.94. The van der Waals surface area contributed by atoms with Crippen LogP contribution in [0.1, 0.15) is 25.5 Å². The summed E-state index contributed by atoms with van der Waals surface area (Å²) in [7, 11) is 0. The van der Waals surface area contributed by atoms with Gasteiger partial charge in [0.15, 0.2) is 0 Å². The third-order valence-corrected chi connectivity index (χ3v) is 4.00. The Bertz CT molecular complexity index is 389. The Morgan fingerprint density at radius 3 is 2.61 bits per heavy atom. The number of rotatable bonds is 6. The van der Waals surface area contributed by atoms with E-state index in [9.17, 15) is 0 Å². The van der Waals surface area contributed by atoms with Crippen LogP contribution in [0.15, 0.2) is 22.7 Å². The molecule has 0 saturated carbocycles. The third-order valence-electron chi connectivity index (χ3n) is 3.18. The fraction of sp³-hybridized carbons (Fsp3) is 0.538. The van der Waals surface area contributed by atoms with E-state index in [2.05, 4.69) is 21.2 Å². The maximum Gasteiger partial charge on any atom is 0.0471 e. The molecule has 0 heterocycles. The first-order chi connectivity index (χ1) is 8.49. The van der Waals surface area contributed by atoms with Crippen molar-refractivity contribution in [3.8, 4) is 0 Å². The summed E-state index contributed by atoms with van der Waals surface area (Å²) in [4.78, 5) is 0. The van der Waals surface area contributed by atoms with Gasteiger partial charge in [0.25, 0.3) is 0 Å². The fourth-order valence-electron chi connectivity index (χ4n) is 1.71. The van der Waals surface area contributed by atoms with E-state index in [1.807, 2.05) is 32.0 Å². The molecule has 0 spiro atoms. The summed E-state index contributed by atoms with van der Waals surface area (Å²) in [5, 5.41) is 13.2. The number of hydrogen-bond acceptors (Lipinski definition) is 3. The Hall–Kier alpha value is -0.130. The van der Waals surface area contributed by atoms with Gasteiger partial charge in [-0.15, -0.1) is 0 Å². The van der Waals surface area contributed by atoms with Crippen LogP contribution in [-0.4, -0.2) is 24.3 Å². The SMILES string of the molecule is CC(CO)C(C)NC(CN)c1ccc(Br)cc1Cl. The number of nitrogens with two attached hydrogens (primary N) is 1. The molecule has 1 aromatic rings. The molecule has 1 rings (SSSR count). The van der Waals surface area contributed by atoms with Crippen molar-refractivity contribution in [3.05, 3.63) is 33.3 Å². The van der Waals surface area contributed by atoms with Gasteiger partial charge in [-0.25, -0.2) is 0 Å². The molecule has 3 nitrogen and oxygen atoms in total. The predicted octanol–water partition coefficient (Wildman–Crippen LogP) is 2.71. The Morgan fingerprint density at radius 1 is 1.44 bits per heavy atom. The van der Waals surface area contributed by atoms with Gasteiger partial charge in [0.2, 0.25) is 0 Å². The van der Waals surface area contributed by atoms with Crippen LogP contribution in [0.5, 0.6) is 0 Å². The fourth-order valence-corrected chi connectivity index (χ4v) is 2.51. The standard InChI is InChI=1S/C13H20BrClN2O/c1-8(7-18)9(2)17-13(6-16)11-4-3-10(14)5-12(11)15/h3-5,8-9,13,17-18H,6-7,16H2,1-2H3. The first-order valence-electron chi connectivity index (χ1n) is 6.01. The maximum atomic E-state index is 9.15. The molecule has 0 aromatic heterocycles. The Balaban J connectivity index is 2.83. The molecule has 3 atom stereocenters. The molecule has 0 radical (unpaired) electrons. The lowest BCUT2D eigenvalue weighted by molar-refractivity contribution is 0.201. The second-order valence-corrected chi connectivity index (χ2v) is 5.89. The molecular weight excluding hydrogens is 316 g/mol. The highest BCUT2D eigenvalue weighted by Gasteiger charge is 2.18. The van der Waals surface area contributed by atoms with Gasteiger partial charge in [0, 0.05) is 34.7 Å². The molecule has 0 aliphatic carbocycles. The maximum absolute atomic E-state index is 9.15. The molecule has 1 aromatic carbocycles. The highest BCUT2D eigenvalue weighted by atomic mass is 79.9. The van der Waals surface area contributed by atoms with Gasteiger partial charge in [0.1, 0.15) is 0 Å². The number of benzene rings is 1. The van der Waals surface area contributed by atoms with Gasteiger partial charge in [-0.3, -0.25) is 0 Å². The summed E-state index contributed by atoms with van der Waals surface area (Å²) < 4.78 is 0.948. The van der Waals surface area contributed by atoms with Gasteiger partial charge in [0.05, 0.1) is 0 Å². The van der Waals surface area contributed by atoms with Crippen LogP contribution in [0, 0.1) is 5.92 Å². The average Bonchev–Trinajstić information content (AvgIpc) is 2.35. The van der Waals surface area contributed by atoms with E-state index >= 15 is 0 Å². The van der Waals surface area contributed by atoms with Gasteiger partial charge < -0.3 is 16.2 Å². The zero-order valence-corrected chi connectivity index (χ0v) is 13.0. The highest BCUT2D eigenvalue weighted by Crippen LogP contribution is 2.26. The quantitative estimate of drug-likeness (QED) is 0.749. The van der Waals surface area contributed by atoms with Crippen molar-refractivity contribution in [2.24, 2.45) is 11.7 Å². The molecule has 3 unspecified atom stereocenters. The molecule has 0 amide bonds. The van der Waals surface area contributed by atoms with Crippen LogP contribution < -0.4 is 11.1 Å². The third kappa shape index (κ3) is 4.21. The van der Waals surface area contributed by atoms with Crippen LogP contribution in [0.2, 0.25) is 5.02 Å². The number of aliphatic hydroxyl groups excluding tert-OH is 1. The average molecular weight is 336 g/mol. The van der Waals surface area contributed by atoms with E-state index in [-0.39, 0.29) is 24.6 Å². The van der Waals surface area contributed by atoms with Crippen molar-refractivity contribution in [2.75, 3.05) is 13.2 Å². The number of halogens is 2. The van der Waals surface area contributed by atoms with Crippen molar-refractivity contribution >= 4 is 27.5 Å². The van der Waals surface area contributed by atoms with Crippen molar-refractivity contribution in [1.29, 1.82) is 0 Å². The number of nitrogens with one attached hydrogen (secondary N) is 1. The first kappa shape index (κ1) is 15.9. The molecule has 102 valence electrons. The molecule has 0 aliphatic heterocycles. The molecular formula is C13H20BrClN2O. The van der Waals surface area contributed by atoms with Crippen LogP contribution in [0.4, 0.5) is 0 Å². The highest BCUT2D eigenvalue weighted by molar-refractivity contribution is 9.10. The Morgan fingerprint density at radius 2 is 2.11 bits per heavy atom. The second-order valence-electron chi connectivity index (χ2n) is 4.57. The summed E-state index contributed by atoms with van der Waals surface area (Å²) in [6.45, 7) is 4.65. The zero-order chi connectivity index (χ0) is 13.7. The normalized spacial score (nSPS) is 16.3. The van der Waals surface area contributed by atoms with Crippen LogP contribution in [0.25, 0.3) is 0 Å². The van der Waals surface area contributed by atoms with Crippen LogP contribution in [-0.2, 0) is 0 Å². The summed E-state index contributed by atoms with van der Waals surface area (Å²) >= 11 is 9.61. The minimum atomic E-state index is -0.00500. The second kappa shape index (κ2) is 7.46. The molecule has 0 aliphatic rings. The van der Waals surface area contributed by atoms with E-state index in [1.54, 1.807) is 0 Å². The van der Waals surface area contributed by atoms with Crippen LogP contribution in [0.3, 0.4) is 0 Å². The lowest BCUT2D eigenvalue weighted by Gasteiger charge is -2.26. The minimum Gasteiger partial charge on any atom is -0.396 e. The van der Waals surface area contributed by atoms with Crippen molar-refractivity contribution < 1.29 is 5.11 Å². The topological polar surface area (TPSA) is 58.3 Å². The molecule has 0 fully saturated rings. The summed E-state index contributed by atoms with van der Waals surface area (Å²) in [5.74, 6) is 0.174.